The maximum absolute atomic E-state index is 5.74. The summed E-state index contributed by atoms with van der Waals surface area (Å²) in [6.07, 6.45) is 2.14. The van der Waals surface area contributed by atoms with Gasteiger partial charge in [-0.05, 0) is 6.42 Å². The normalized spacial score (nSPS) is 12.9. The number of nitrogens with zero attached hydrogens (tertiary/aromatic N) is 2. The van der Waals surface area contributed by atoms with Crippen LogP contribution in [0.25, 0.3) is 0 Å². The van der Waals surface area contributed by atoms with E-state index in [1.54, 1.807) is 0 Å². The second-order valence-electron chi connectivity index (χ2n) is 2.48. The predicted octanol–water partition coefficient (Wildman–Crippen LogP) is 1.12. The Morgan fingerprint density at radius 1 is 1.58 bits per heavy atom. The third kappa shape index (κ3) is 1.65. The summed E-state index contributed by atoms with van der Waals surface area (Å²) in [4.78, 5) is 7.69. The fourth-order valence-electron chi connectivity index (χ4n) is 0.875. The van der Waals surface area contributed by atoms with Gasteiger partial charge in [0.05, 0.1) is 11.4 Å². The first-order valence-electron chi connectivity index (χ1n) is 3.68. The third-order valence-corrected chi connectivity index (χ3v) is 1.96. The molecule has 4 N–H and O–H groups in total. The molecule has 0 radical (unpaired) electrons. The molecule has 0 bridgehead atoms. The number of nitrogen functional groups attached to an aromatic ring is 1. The van der Waals surface area contributed by atoms with Crippen LogP contribution < -0.4 is 11.5 Å². The molecular formula is C7H11ClN4. The predicted molar refractivity (Wildman–Crippen MR) is 48.7 cm³/mol. The lowest BCUT2D eigenvalue weighted by molar-refractivity contribution is 0.675. The Balaban J connectivity index is 3.07. The third-order valence-electron chi connectivity index (χ3n) is 1.66. The first-order valence-corrected chi connectivity index (χ1v) is 4.06. The summed E-state index contributed by atoms with van der Waals surface area (Å²) in [6, 6.07) is -0.162. The quantitative estimate of drug-likeness (QED) is 0.679. The maximum atomic E-state index is 5.74. The Bertz CT molecular complexity index is 276. The second kappa shape index (κ2) is 3.69. The molecule has 0 aliphatic heterocycles. The number of aromatic nitrogens is 2. The number of hydrogen-bond acceptors (Lipinski definition) is 4. The Morgan fingerprint density at radius 3 is 2.83 bits per heavy atom. The van der Waals surface area contributed by atoms with Crippen LogP contribution in [0, 0.1) is 0 Å². The van der Waals surface area contributed by atoms with Crippen molar-refractivity contribution in [2.75, 3.05) is 5.73 Å². The summed E-state index contributed by atoms with van der Waals surface area (Å²) in [5, 5.41) is 0.268. The highest BCUT2D eigenvalue weighted by atomic mass is 35.5. The van der Waals surface area contributed by atoms with Crippen LogP contribution >= 0.6 is 11.6 Å². The minimum absolute atomic E-state index is 0.162. The van der Waals surface area contributed by atoms with Crippen molar-refractivity contribution in [3.63, 3.8) is 0 Å². The molecule has 0 aliphatic carbocycles. The van der Waals surface area contributed by atoms with Gasteiger partial charge in [0.1, 0.15) is 6.33 Å². The molecule has 66 valence electrons. The van der Waals surface area contributed by atoms with Gasteiger partial charge in [0.25, 0.3) is 0 Å². The lowest BCUT2D eigenvalue weighted by Crippen LogP contribution is -2.13. The van der Waals surface area contributed by atoms with E-state index >= 15 is 0 Å². The van der Waals surface area contributed by atoms with E-state index in [4.69, 9.17) is 23.1 Å². The SMILES string of the molecule is CCC(N)c1ncnc(Cl)c1N. The number of halogens is 1. The summed E-state index contributed by atoms with van der Waals surface area (Å²) in [7, 11) is 0. The zero-order chi connectivity index (χ0) is 9.14. The first-order chi connectivity index (χ1) is 5.66. The average Bonchev–Trinajstić information content (AvgIpc) is 2.08. The van der Waals surface area contributed by atoms with E-state index in [9.17, 15) is 0 Å². The zero-order valence-corrected chi connectivity index (χ0v) is 7.54. The van der Waals surface area contributed by atoms with E-state index in [-0.39, 0.29) is 11.2 Å². The topological polar surface area (TPSA) is 77.8 Å². The monoisotopic (exact) mass is 186 g/mol. The summed E-state index contributed by atoms with van der Waals surface area (Å²) < 4.78 is 0. The van der Waals surface area contributed by atoms with E-state index in [1.165, 1.54) is 6.33 Å². The summed E-state index contributed by atoms with van der Waals surface area (Å²) in [6.45, 7) is 1.96. The highest BCUT2D eigenvalue weighted by Crippen LogP contribution is 2.23. The van der Waals surface area contributed by atoms with Gasteiger partial charge in [-0.25, -0.2) is 9.97 Å². The molecule has 1 aromatic rings. The molecular weight excluding hydrogens is 176 g/mol. The number of anilines is 1. The second-order valence-corrected chi connectivity index (χ2v) is 2.84. The van der Waals surface area contributed by atoms with Crippen molar-refractivity contribution in [1.82, 2.24) is 9.97 Å². The molecule has 0 aromatic carbocycles. The lowest BCUT2D eigenvalue weighted by atomic mass is 10.1. The van der Waals surface area contributed by atoms with Crippen LogP contribution in [0.4, 0.5) is 5.69 Å². The van der Waals surface area contributed by atoms with E-state index in [2.05, 4.69) is 9.97 Å². The van der Waals surface area contributed by atoms with Gasteiger partial charge in [0.15, 0.2) is 5.15 Å². The largest absolute Gasteiger partial charge is 0.395 e. The van der Waals surface area contributed by atoms with Crippen molar-refractivity contribution < 1.29 is 0 Å². The van der Waals surface area contributed by atoms with Crippen molar-refractivity contribution >= 4 is 17.3 Å². The Kier molecular flexibility index (Phi) is 2.83. The molecule has 0 amide bonds. The Morgan fingerprint density at radius 2 is 2.25 bits per heavy atom. The molecule has 1 unspecified atom stereocenters. The van der Waals surface area contributed by atoms with Gasteiger partial charge in [-0.2, -0.15) is 0 Å². The van der Waals surface area contributed by atoms with Gasteiger partial charge in [0, 0.05) is 6.04 Å². The van der Waals surface area contributed by atoms with Gasteiger partial charge in [-0.15, -0.1) is 0 Å². The molecule has 12 heavy (non-hydrogen) atoms. The van der Waals surface area contributed by atoms with E-state index in [0.717, 1.165) is 6.42 Å². The molecule has 1 rings (SSSR count). The van der Waals surface area contributed by atoms with Crippen LogP contribution in [-0.2, 0) is 0 Å². The number of rotatable bonds is 2. The van der Waals surface area contributed by atoms with Gasteiger partial charge in [0.2, 0.25) is 0 Å². The maximum Gasteiger partial charge on any atom is 0.155 e. The zero-order valence-electron chi connectivity index (χ0n) is 6.79. The summed E-state index contributed by atoms with van der Waals surface area (Å²) in [5.41, 5.74) is 12.4. The molecule has 0 saturated heterocycles. The van der Waals surface area contributed by atoms with E-state index in [1.807, 2.05) is 6.92 Å². The molecule has 0 aliphatic rings. The summed E-state index contributed by atoms with van der Waals surface area (Å²) >= 11 is 5.68. The number of nitrogens with two attached hydrogens (primary N) is 2. The number of hydrogen-bond donors (Lipinski definition) is 2. The lowest BCUT2D eigenvalue weighted by Gasteiger charge is -2.10. The van der Waals surface area contributed by atoms with Crippen molar-refractivity contribution in [1.29, 1.82) is 0 Å². The van der Waals surface area contributed by atoms with E-state index < -0.39 is 0 Å². The smallest absolute Gasteiger partial charge is 0.155 e. The molecule has 4 nitrogen and oxygen atoms in total. The highest BCUT2D eigenvalue weighted by Gasteiger charge is 2.11. The molecule has 1 aromatic heterocycles. The van der Waals surface area contributed by atoms with Gasteiger partial charge in [-0.3, -0.25) is 0 Å². The van der Waals surface area contributed by atoms with Crippen molar-refractivity contribution in [3.8, 4) is 0 Å². The Labute approximate surface area is 75.9 Å². The standard InChI is InChI=1S/C7H11ClN4/c1-2-4(9)6-5(10)7(8)12-3-11-6/h3-4H,2,9-10H2,1H3. The van der Waals surface area contributed by atoms with E-state index in [0.29, 0.717) is 11.4 Å². The van der Waals surface area contributed by atoms with Crippen LogP contribution in [0.2, 0.25) is 5.15 Å². The minimum Gasteiger partial charge on any atom is -0.395 e. The fraction of sp³-hybridized carbons (Fsp3) is 0.429. The molecule has 0 saturated carbocycles. The van der Waals surface area contributed by atoms with Crippen molar-refractivity contribution in [3.05, 3.63) is 17.2 Å². The van der Waals surface area contributed by atoms with Crippen LogP contribution in [0.5, 0.6) is 0 Å². The minimum atomic E-state index is -0.162. The molecule has 1 atom stereocenters. The highest BCUT2D eigenvalue weighted by molar-refractivity contribution is 6.31. The van der Waals surface area contributed by atoms with Gasteiger partial charge >= 0.3 is 0 Å². The molecule has 0 spiro atoms. The molecule has 1 heterocycles. The van der Waals surface area contributed by atoms with Crippen LogP contribution in [0.15, 0.2) is 6.33 Å². The first kappa shape index (κ1) is 9.22. The summed E-state index contributed by atoms with van der Waals surface area (Å²) in [5.74, 6) is 0. The van der Waals surface area contributed by atoms with Crippen molar-refractivity contribution in [2.24, 2.45) is 5.73 Å². The van der Waals surface area contributed by atoms with Crippen molar-refractivity contribution in [2.45, 2.75) is 19.4 Å². The molecule has 0 fully saturated rings. The average molecular weight is 187 g/mol. The van der Waals surface area contributed by atoms with Gasteiger partial charge in [-0.1, -0.05) is 18.5 Å². The van der Waals surface area contributed by atoms with Crippen LogP contribution in [0.1, 0.15) is 25.1 Å². The van der Waals surface area contributed by atoms with Gasteiger partial charge < -0.3 is 11.5 Å². The fourth-order valence-corrected chi connectivity index (χ4v) is 1.02. The Hall–Kier alpha value is -0.870. The molecule has 5 heteroatoms. The van der Waals surface area contributed by atoms with Crippen LogP contribution in [0.3, 0.4) is 0 Å². The van der Waals surface area contributed by atoms with Crippen LogP contribution in [-0.4, -0.2) is 9.97 Å².